The quantitative estimate of drug-likeness (QED) is 0.147. The Balaban J connectivity index is 1.86. The van der Waals surface area contributed by atoms with Crippen molar-refractivity contribution in [2.24, 2.45) is 33.3 Å². The summed E-state index contributed by atoms with van der Waals surface area (Å²) in [5.41, 5.74) is 10.0. The molecule has 0 aliphatic heterocycles. The molecular weight excluding hydrogens is 626 g/mol. The van der Waals surface area contributed by atoms with Crippen LogP contribution in [0.1, 0.15) is 136 Å². The lowest BCUT2D eigenvalue weighted by molar-refractivity contribution is -0.161. The minimum Gasteiger partial charge on any atom is -0.434 e. The third-order valence-electron chi connectivity index (χ3n) is 12.4. The van der Waals surface area contributed by atoms with Crippen molar-refractivity contribution in [1.29, 1.82) is 0 Å². The largest absolute Gasteiger partial charge is 0.513 e. The highest BCUT2D eigenvalue weighted by Crippen LogP contribution is 2.72. The van der Waals surface area contributed by atoms with Gasteiger partial charge in [-0.3, -0.25) is 4.79 Å². The van der Waals surface area contributed by atoms with Crippen LogP contribution in [0.5, 0.6) is 11.5 Å². The van der Waals surface area contributed by atoms with Gasteiger partial charge in [0.05, 0.1) is 13.2 Å². The topological polar surface area (TPSA) is 114 Å². The molecule has 0 aromatic heterocycles. The summed E-state index contributed by atoms with van der Waals surface area (Å²) in [5.74, 6) is 0.535. The zero-order valence-corrected chi connectivity index (χ0v) is 31.8. The Kier molecular flexibility index (Phi) is 11.6. The normalized spacial score (nSPS) is 31.4. The number of ether oxygens (including phenoxy) is 4. The smallest absolute Gasteiger partial charge is 0.434 e. The summed E-state index contributed by atoms with van der Waals surface area (Å²) in [6, 6.07) is 1.81. The van der Waals surface area contributed by atoms with Crippen LogP contribution in [0.25, 0.3) is 0 Å². The summed E-state index contributed by atoms with van der Waals surface area (Å²) < 4.78 is 21.6. The van der Waals surface area contributed by atoms with Crippen LogP contribution < -0.4 is 15.2 Å². The summed E-state index contributed by atoms with van der Waals surface area (Å²) in [7, 11) is 0. The first-order chi connectivity index (χ1) is 22.5. The monoisotopic (exact) mass is 685 g/mol. The molecule has 6 atom stereocenters. The molecule has 3 saturated carbocycles. The Morgan fingerprint density at radius 2 is 1.58 bits per heavy atom. The molecule has 1 aromatic rings. The second-order valence-corrected chi connectivity index (χ2v) is 17.3. The maximum Gasteiger partial charge on any atom is 0.513 e. The van der Waals surface area contributed by atoms with Crippen LogP contribution in [-0.2, 0) is 20.7 Å². The van der Waals surface area contributed by atoms with E-state index in [1.54, 1.807) is 13.8 Å². The molecule has 9 heteroatoms. The fourth-order valence-corrected chi connectivity index (χ4v) is 10.6. The number of primary amides is 1. The van der Waals surface area contributed by atoms with Crippen molar-refractivity contribution >= 4 is 30.0 Å². The number of thioether (sulfide) groups is 1. The molecule has 2 N–H and O–H groups in total. The van der Waals surface area contributed by atoms with Gasteiger partial charge in [-0.05, 0) is 123 Å². The summed E-state index contributed by atoms with van der Waals surface area (Å²) in [5, 5.41) is 0.277. The van der Waals surface area contributed by atoms with Crippen molar-refractivity contribution in [3.05, 3.63) is 34.4 Å². The SMILES string of the molecule is CCOC(=O)Oc1cc(CC)c(C(/C=C2\CCC[C@@]3(C)[C@@H]4C[C@](C)(C(N)=O)CC[C@]4(C)CC[C@]23C)SC(C)C)c(C)c1OC(=O)OCC. The summed E-state index contributed by atoms with van der Waals surface area (Å²) in [6.45, 7) is 21.7. The van der Waals surface area contributed by atoms with Gasteiger partial charge in [-0.15, -0.1) is 11.8 Å². The van der Waals surface area contributed by atoms with Crippen molar-refractivity contribution in [3.8, 4) is 11.5 Å². The van der Waals surface area contributed by atoms with Crippen molar-refractivity contribution in [1.82, 2.24) is 0 Å². The number of nitrogens with two attached hydrogens (primary N) is 1. The van der Waals surface area contributed by atoms with Gasteiger partial charge in [-0.2, -0.15) is 0 Å². The van der Waals surface area contributed by atoms with Gasteiger partial charge in [-0.1, -0.05) is 60.1 Å². The van der Waals surface area contributed by atoms with Crippen molar-refractivity contribution in [3.63, 3.8) is 0 Å². The molecule has 0 heterocycles. The molecule has 268 valence electrons. The number of hydrogen-bond donors (Lipinski definition) is 1. The number of amides is 1. The van der Waals surface area contributed by atoms with E-state index in [-0.39, 0.29) is 52.1 Å². The van der Waals surface area contributed by atoms with E-state index in [0.717, 1.165) is 68.1 Å². The van der Waals surface area contributed by atoms with E-state index in [1.807, 2.05) is 24.8 Å². The number of carbonyl (C=O) groups excluding carboxylic acids is 3. The lowest BCUT2D eigenvalue weighted by Gasteiger charge is -2.67. The van der Waals surface area contributed by atoms with Crippen LogP contribution in [0.15, 0.2) is 17.7 Å². The zero-order valence-electron chi connectivity index (χ0n) is 31.0. The second-order valence-electron chi connectivity index (χ2n) is 15.6. The standard InChI is InChI=1S/C39H59NO7S/c1-11-26-21-28(46-34(42)44-12-2)32(47-35(43)45-13-3)25(6)31(26)29(48-24(4)5)22-27-15-14-16-39(10)30-23-37(8,33(40)41)18-17-36(30,7)19-20-38(27,39)9/h21-22,24,29-30H,11-20,23H2,1-10H3,(H2,40,41)/b27-22+/t29?,30-,36-,37-,38-,39+/m1/s1. The fraction of sp³-hybridized carbons (Fsp3) is 0.718. The van der Waals surface area contributed by atoms with Crippen molar-refractivity contribution < 1.29 is 33.3 Å². The predicted octanol–water partition coefficient (Wildman–Crippen LogP) is 10.0. The minimum atomic E-state index is -0.857. The van der Waals surface area contributed by atoms with Crippen LogP contribution in [0.2, 0.25) is 0 Å². The molecule has 1 unspecified atom stereocenters. The third-order valence-corrected chi connectivity index (χ3v) is 13.6. The van der Waals surface area contributed by atoms with Gasteiger partial charge in [0.2, 0.25) is 5.91 Å². The lowest BCUT2D eigenvalue weighted by Crippen LogP contribution is -2.60. The molecule has 3 aliphatic rings. The first-order valence-electron chi connectivity index (χ1n) is 18.0. The van der Waals surface area contributed by atoms with Gasteiger partial charge in [0.25, 0.3) is 0 Å². The Labute approximate surface area is 292 Å². The third kappa shape index (κ3) is 7.13. The van der Waals surface area contributed by atoms with Gasteiger partial charge in [0.15, 0.2) is 11.5 Å². The molecule has 4 rings (SSSR count). The van der Waals surface area contributed by atoms with E-state index in [9.17, 15) is 14.4 Å². The molecule has 1 aromatic carbocycles. The number of benzene rings is 1. The van der Waals surface area contributed by atoms with Crippen LogP contribution in [0.3, 0.4) is 0 Å². The molecule has 3 fully saturated rings. The van der Waals surface area contributed by atoms with E-state index in [2.05, 4.69) is 54.5 Å². The average molecular weight is 686 g/mol. The van der Waals surface area contributed by atoms with Gasteiger partial charge < -0.3 is 24.7 Å². The molecule has 3 aliphatic carbocycles. The van der Waals surface area contributed by atoms with E-state index in [4.69, 9.17) is 24.7 Å². The van der Waals surface area contributed by atoms with Crippen LogP contribution in [-0.4, -0.2) is 36.7 Å². The highest BCUT2D eigenvalue weighted by molar-refractivity contribution is 8.00. The lowest BCUT2D eigenvalue weighted by atomic mass is 9.37. The molecule has 0 bridgehead atoms. The van der Waals surface area contributed by atoms with Gasteiger partial charge in [0.1, 0.15) is 0 Å². The summed E-state index contributed by atoms with van der Waals surface area (Å²) >= 11 is 1.88. The van der Waals surface area contributed by atoms with Crippen LogP contribution in [0, 0.1) is 34.5 Å². The summed E-state index contributed by atoms with van der Waals surface area (Å²) in [6.07, 6.45) is 9.72. The highest BCUT2D eigenvalue weighted by atomic mass is 32.2. The van der Waals surface area contributed by atoms with Crippen molar-refractivity contribution in [2.75, 3.05) is 13.2 Å². The summed E-state index contributed by atoms with van der Waals surface area (Å²) in [4.78, 5) is 37.9. The number of fused-ring (bicyclic) bond motifs is 3. The second kappa shape index (κ2) is 14.7. The maximum absolute atomic E-state index is 12.7. The number of aryl methyl sites for hydroxylation is 1. The molecule has 0 radical (unpaired) electrons. The van der Waals surface area contributed by atoms with E-state index >= 15 is 0 Å². The first kappa shape index (κ1) is 38.1. The minimum absolute atomic E-state index is 0.0202. The number of carbonyl (C=O) groups is 3. The Morgan fingerprint density at radius 3 is 2.17 bits per heavy atom. The Hall–Kier alpha value is -2.68. The number of allylic oxidation sites excluding steroid dienone is 1. The first-order valence-corrected chi connectivity index (χ1v) is 18.9. The van der Waals surface area contributed by atoms with Gasteiger partial charge >= 0.3 is 12.3 Å². The molecule has 48 heavy (non-hydrogen) atoms. The molecule has 0 saturated heterocycles. The molecule has 1 amide bonds. The maximum atomic E-state index is 12.7. The predicted molar refractivity (Wildman–Crippen MR) is 191 cm³/mol. The Morgan fingerprint density at radius 1 is 0.958 bits per heavy atom. The van der Waals surface area contributed by atoms with Crippen molar-refractivity contribution in [2.45, 2.75) is 138 Å². The van der Waals surface area contributed by atoms with E-state index < -0.39 is 17.7 Å². The average Bonchev–Trinajstić information content (AvgIpc) is 3.00. The van der Waals surface area contributed by atoms with Crippen LogP contribution in [0.4, 0.5) is 9.59 Å². The zero-order chi connectivity index (χ0) is 35.7. The number of rotatable bonds is 10. The van der Waals surface area contributed by atoms with Crippen LogP contribution >= 0.6 is 11.8 Å². The van der Waals surface area contributed by atoms with Gasteiger partial charge in [-0.25, -0.2) is 9.59 Å². The molecule has 0 spiro atoms. The van der Waals surface area contributed by atoms with Gasteiger partial charge in [0, 0.05) is 16.2 Å². The Bertz CT molecular complexity index is 1420. The van der Waals surface area contributed by atoms with E-state index in [0.29, 0.717) is 17.6 Å². The van der Waals surface area contributed by atoms with E-state index in [1.165, 1.54) is 5.57 Å². The molecule has 8 nitrogen and oxygen atoms in total. The number of hydrogen-bond acceptors (Lipinski definition) is 8. The molecular formula is C39H59NO7S. The fourth-order valence-electron chi connectivity index (χ4n) is 9.30. The highest BCUT2D eigenvalue weighted by Gasteiger charge is 2.63.